The number of hydrogen-bond donors (Lipinski definition) is 3. The van der Waals surface area contributed by atoms with Crippen LogP contribution in [-0.2, 0) is 10.1 Å². The first kappa shape index (κ1) is 23.5. The first-order chi connectivity index (χ1) is 11.4. The van der Waals surface area contributed by atoms with E-state index in [4.69, 9.17) is 4.55 Å². The van der Waals surface area contributed by atoms with Gasteiger partial charge in [-0.2, -0.15) is 34.8 Å². The van der Waals surface area contributed by atoms with Crippen LogP contribution in [0.15, 0.2) is 12.1 Å². The third-order valence-corrected chi connectivity index (χ3v) is 5.21. The van der Waals surface area contributed by atoms with E-state index in [9.17, 15) is 44.7 Å². The summed E-state index contributed by atoms with van der Waals surface area (Å²) < 4.78 is 109. The molecule has 0 aromatic heterocycles. The van der Waals surface area contributed by atoms with E-state index >= 15 is 0 Å². The van der Waals surface area contributed by atoms with E-state index in [1.165, 1.54) is 28.7 Å². The Morgan fingerprint density at radius 1 is 1.08 bits per heavy atom. The minimum absolute atomic E-state index is 0.0425. The number of phenolic OH excluding ortho intramolecular Hbond substituents is 1. The lowest BCUT2D eigenvalue weighted by molar-refractivity contribution is -0.296. The maximum absolute atomic E-state index is 13.2. The van der Waals surface area contributed by atoms with E-state index in [2.05, 4.69) is 0 Å². The molecule has 0 spiro atoms. The van der Waals surface area contributed by atoms with Crippen molar-refractivity contribution >= 4 is 61.2 Å². The van der Waals surface area contributed by atoms with Gasteiger partial charge in [0.05, 0.1) is 9.13 Å². The second-order valence-corrected chi connectivity index (χ2v) is 8.73. The Kier molecular flexibility index (Phi) is 6.73. The Hall–Kier alpha value is -0.560. The highest BCUT2D eigenvalue weighted by molar-refractivity contribution is 14.1. The smallest absolute Gasteiger partial charge is 0.421 e. The summed E-state index contributed by atoms with van der Waals surface area (Å²) in [5.74, 6) is -5.81. The van der Waals surface area contributed by atoms with Crippen molar-refractivity contribution in [3.8, 4) is 5.75 Å². The molecule has 15 heteroatoms. The van der Waals surface area contributed by atoms with Crippen molar-refractivity contribution in [1.29, 1.82) is 0 Å². The van der Waals surface area contributed by atoms with E-state index < -0.39 is 51.0 Å². The molecular weight excluding hydrogens is 626 g/mol. The third-order valence-electron chi connectivity index (χ3n) is 2.97. The summed E-state index contributed by atoms with van der Waals surface area (Å²) in [6.07, 6.45) is -12.7. The summed E-state index contributed by atoms with van der Waals surface area (Å²) in [6, 6.07) is 2.09. The maximum Gasteiger partial charge on any atom is 0.421 e. The van der Waals surface area contributed by atoms with Crippen LogP contribution in [0.2, 0.25) is 0 Å². The summed E-state index contributed by atoms with van der Waals surface area (Å²) in [5, 5.41) is 10.3. The lowest BCUT2D eigenvalue weighted by Gasteiger charge is -2.36. The molecule has 1 rings (SSSR count). The van der Waals surface area contributed by atoms with Gasteiger partial charge >= 0.3 is 12.4 Å². The van der Waals surface area contributed by atoms with Crippen molar-refractivity contribution < 1.29 is 49.2 Å². The molecule has 26 heavy (non-hydrogen) atoms. The van der Waals surface area contributed by atoms with Crippen LogP contribution in [0, 0.1) is 7.14 Å². The van der Waals surface area contributed by atoms with Crippen molar-refractivity contribution in [2.45, 2.75) is 17.9 Å². The summed E-state index contributed by atoms with van der Waals surface area (Å²) >= 11 is 3.08. The van der Waals surface area contributed by atoms with Crippen molar-refractivity contribution in [3.63, 3.8) is 0 Å². The second kappa shape index (κ2) is 7.46. The highest BCUT2D eigenvalue weighted by atomic mass is 127. The zero-order chi connectivity index (χ0) is 20.7. The molecule has 0 saturated heterocycles. The van der Waals surface area contributed by atoms with Gasteiger partial charge in [-0.3, -0.25) is 9.35 Å². The number of hydrogen-bond acceptors (Lipinski definition) is 4. The molecule has 0 radical (unpaired) electrons. The molecule has 1 amide bonds. The number of nitrogens with one attached hydrogen (secondary N) is 1. The highest BCUT2D eigenvalue weighted by Gasteiger charge is 2.73. The van der Waals surface area contributed by atoms with Gasteiger partial charge in [-0.15, -0.1) is 0 Å². The maximum atomic E-state index is 13.2. The lowest BCUT2D eigenvalue weighted by atomic mass is 9.99. The van der Waals surface area contributed by atoms with Gasteiger partial charge in [0.15, 0.2) is 0 Å². The highest BCUT2D eigenvalue weighted by Crippen LogP contribution is 2.44. The van der Waals surface area contributed by atoms with Crippen LogP contribution in [0.25, 0.3) is 0 Å². The van der Waals surface area contributed by atoms with Crippen molar-refractivity contribution in [2.75, 3.05) is 5.75 Å². The average Bonchev–Trinajstić information content (AvgIpc) is 2.37. The van der Waals surface area contributed by atoms with E-state index in [0.717, 1.165) is 6.07 Å². The SMILES string of the molecule is O=C(NC(CS(=O)(=O)O)(C(F)(F)F)C(F)(F)F)c1cc(I)cc(I)c1O. The summed E-state index contributed by atoms with van der Waals surface area (Å²) in [5.41, 5.74) is -6.22. The number of rotatable bonds is 4. The van der Waals surface area contributed by atoms with Gasteiger partial charge in [-0.05, 0) is 57.3 Å². The lowest BCUT2D eigenvalue weighted by Crippen LogP contribution is -2.70. The quantitative estimate of drug-likeness (QED) is 0.269. The Labute approximate surface area is 169 Å². The Balaban J connectivity index is 3.58. The average molecular weight is 633 g/mol. The largest absolute Gasteiger partial charge is 0.506 e. The summed E-state index contributed by atoms with van der Waals surface area (Å²) in [7, 11) is -5.82. The molecular formula is C11H7F6I2NO5S. The molecule has 3 N–H and O–H groups in total. The number of benzene rings is 1. The molecule has 0 bridgehead atoms. The standard InChI is InChI=1S/C11H7F6I2NO5S/c12-10(13,14)9(11(15,16)17,3-26(23,24)25)20-8(22)5-1-4(18)2-6(19)7(5)21/h1-2,21H,3H2,(H,20,22)(H,23,24,25). The van der Waals surface area contributed by atoms with Gasteiger partial charge in [-0.25, -0.2) is 0 Å². The molecule has 0 saturated carbocycles. The predicted molar refractivity (Wildman–Crippen MR) is 92.3 cm³/mol. The zero-order valence-electron chi connectivity index (χ0n) is 11.9. The first-order valence-corrected chi connectivity index (χ1v) is 9.77. The number of carbonyl (C=O) groups excluding carboxylic acids is 1. The van der Waals surface area contributed by atoms with Crippen LogP contribution in [0.4, 0.5) is 26.3 Å². The van der Waals surface area contributed by atoms with Crippen molar-refractivity contribution in [1.82, 2.24) is 5.32 Å². The minimum atomic E-state index is -6.33. The molecule has 6 nitrogen and oxygen atoms in total. The summed E-state index contributed by atoms with van der Waals surface area (Å²) in [6.45, 7) is 0. The fourth-order valence-electron chi connectivity index (χ4n) is 1.78. The van der Waals surface area contributed by atoms with Gasteiger partial charge in [-0.1, -0.05) is 0 Å². The summed E-state index contributed by atoms with van der Waals surface area (Å²) in [4.78, 5) is 12.0. The van der Waals surface area contributed by atoms with Crippen LogP contribution in [-0.4, -0.2) is 47.6 Å². The van der Waals surface area contributed by atoms with E-state index in [0.29, 0.717) is 5.32 Å². The number of amides is 1. The normalized spacial score (nSPS) is 13.6. The van der Waals surface area contributed by atoms with Gasteiger partial charge in [0, 0.05) is 3.57 Å². The molecule has 0 aliphatic carbocycles. The first-order valence-electron chi connectivity index (χ1n) is 6.00. The number of aromatic hydroxyl groups is 1. The minimum Gasteiger partial charge on any atom is -0.506 e. The van der Waals surface area contributed by atoms with Gasteiger partial charge < -0.3 is 10.4 Å². The van der Waals surface area contributed by atoms with Crippen LogP contribution in [0.1, 0.15) is 10.4 Å². The number of carbonyl (C=O) groups is 1. The van der Waals surface area contributed by atoms with Crippen LogP contribution >= 0.6 is 45.2 Å². The molecule has 0 aliphatic rings. The topological polar surface area (TPSA) is 104 Å². The second-order valence-electron chi connectivity index (χ2n) is 4.87. The van der Waals surface area contributed by atoms with E-state index in [-0.39, 0.29) is 7.14 Å². The van der Waals surface area contributed by atoms with Crippen molar-refractivity contribution in [3.05, 3.63) is 24.8 Å². The monoisotopic (exact) mass is 633 g/mol. The van der Waals surface area contributed by atoms with Gasteiger partial charge in [0.25, 0.3) is 16.0 Å². The fourth-order valence-corrected chi connectivity index (χ4v) is 4.57. The third kappa shape index (κ3) is 5.03. The Morgan fingerprint density at radius 3 is 1.92 bits per heavy atom. The fraction of sp³-hybridized carbons (Fsp3) is 0.364. The van der Waals surface area contributed by atoms with E-state index in [1.807, 2.05) is 0 Å². The van der Waals surface area contributed by atoms with Crippen LogP contribution < -0.4 is 5.32 Å². The molecule has 0 aliphatic heterocycles. The number of alkyl halides is 6. The number of halogens is 8. The van der Waals surface area contributed by atoms with Gasteiger partial charge in [0.2, 0.25) is 5.54 Å². The predicted octanol–water partition coefficient (Wildman–Crippen LogP) is 3.08. The number of phenols is 1. The zero-order valence-corrected chi connectivity index (χ0v) is 17.0. The molecule has 0 atom stereocenters. The van der Waals surface area contributed by atoms with Gasteiger partial charge in [0.1, 0.15) is 11.5 Å². The van der Waals surface area contributed by atoms with Crippen molar-refractivity contribution in [2.24, 2.45) is 0 Å². The Morgan fingerprint density at radius 2 is 1.54 bits per heavy atom. The molecule has 148 valence electrons. The molecule has 0 fully saturated rings. The molecule has 1 aromatic carbocycles. The van der Waals surface area contributed by atoms with Crippen LogP contribution in [0.5, 0.6) is 5.75 Å². The molecule has 0 unspecified atom stereocenters. The van der Waals surface area contributed by atoms with Crippen LogP contribution in [0.3, 0.4) is 0 Å². The molecule has 0 heterocycles. The van der Waals surface area contributed by atoms with E-state index in [1.54, 1.807) is 22.6 Å². The molecule has 1 aromatic rings. The Bertz CT molecular complexity index is 810.